The summed E-state index contributed by atoms with van der Waals surface area (Å²) < 4.78 is 12.3. The number of ether oxygens (including phenoxy) is 1. The molecule has 1 fully saturated rings. The molecule has 0 saturated heterocycles. The molecule has 1 aliphatic rings. The maximum absolute atomic E-state index is 12.4. The minimum atomic E-state index is -0.193. The standard InChI is InChI=1S/C15H21N5O3/c1-10-13(7-22-2)14(19-23-10)15(21)18-11-3-5-12(6-4-11)20-8-16-17-9-20/h8-9,11-12H,3-7H2,1-2H3,(H,18,21). The fourth-order valence-electron chi connectivity index (χ4n) is 3.05. The third-order valence-electron chi connectivity index (χ3n) is 4.38. The molecule has 23 heavy (non-hydrogen) atoms. The van der Waals surface area contributed by atoms with Gasteiger partial charge in [0.05, 0.1) is 12.2 Å². The Morgan fingerprint density at radius 3 is 2.70 bits per heavy atom. The van der Waals surface area contributed by atoms with E-state index in [2.05, 4.69) is 20.7 Å². The Bertz CT molecular complexity index is 644. The van der Waals surface area contributed by atoms with Gasteiger partial charge in [0.1, 0.15) is 18.4 Å². The Morgan fingerprint density at radius 2 is 2.04 bits per heavy atom. The van der Waals surface area contributed by atoms with Gasteiger partial charge in [0, 0.05) is 19.2 Å². The van der Waals surface area contributed by atoms with Crippen molar-refractivity contribution >= 4 is 5.91 Å². The second-order valence-corrected chi connectivity index (χ2v) is 5.89. The summed E-state index contributed by atoms with van der Waals surface area (Å²) in [6.45, 7) is 2.10. The van der Waals surface area contributed by atoms with Crippen molar-refractivity contribution in [3.05, 3.63) is 29.7 Å². The number of carbonyl (C=O) groups excluding carboxylic acids is 1. The summed E-state index contributed by atoms with van der Waals surface area (Å²) in [7, 11) is 1.58. The predicted octanol–water partition coefficient (Wildman–Crippen LogP) is 1.63. The highest BCUT2D eigenvalue weighted by Gasteiger charge is 2.26. The van der Waals surface area contributed by atoms with Crippen LogP contribution in [0.1, 0.15) is 53.5 Å². The second-order valence-electron chi connectivity index (χ2n) is 5.89. The number of hydrogen-bond acceptors (Lipinski definition) is 6. The van der Waals surface area contributed by atoms with Gasteiger partial charge in [-0.3, -0.25) is 4.79 Å². The molecular formula is C15H21N5O3. The van der Waals surface area contributed by atoms with Gasteiger partial charge in [0.15, 0.2) is 5.69 Å². The zero-order chi connectivity index (χ0) is 16.2. The van der Waals surface area contributed by atoms with E-state index in [0.717, 1.165) is 25.7 Å². The van der Waals surface area contributed by atoms with Crippen LogP contribution in [0.15, 0.2) is 17.2 Å². The summed E-state index contributed by atoms with van der Waals surface area (Å²) in [5, 5.41) is 14.6. The van der Waals surface area contributed by atoms with E-state index in [0.29, 0.717) is 29.7 Å². The lowest BCUT2D eigenvalue weighted by Gasteiger charge is -2.29. The lowest BCUT2D eigenvalue weighted by molar-refractivity contribution is 0.0909. The monoisotopic (exact) mass is 319 g/mol. The van der Waals surface area contributed by atoms with Gasteiger partial charge in [-0.15, -0.1) is 10.2 Å². The Balaban J connectivity index is 1.57. The van der Waals surface area contributed by atoms with E-state index in [9.17, 15) is 4.79 Å². The molecule has 2 aromatic heterocycles. The zero-order valence-corrected chi connectivity index (χ0v) is 13.4. The molecule has 0 atom stereocenters. The maximum atomic E-state index is 12.4. The molecule has 0 aromatic carbocycles. The average molecular weight is 319 g/mol. The number of aromatic nitrogens is 4. The molecule has 1 saturated carbocycles. The number of amides is 1. The molecule has 124 valence electrons. The maximum Gasteiger partial charge on any atom is 0.274 e. The van der Waals surface area contributed by atoms with Crippen LogP contribution >= 0.6 is 0 Å². The van der Waals surface area contributed by atoms with E-state index < -0.39 is 0 Å². The molecule has 0 spiro atoms. The first-order chi connectivity index (χ1) is 11.2. The highest BCUT2D eigenvalue weighted by molar-refractivity contribution is 5.93. The van der Waals surface area contributed by atoms with E-state index in [-0.39, 0.29) is 11.9 Å². The summed E-state index contributed by atoms with van der Waals surface area (Å²) >= 11 is 0. The van der Waals surface area contributed by atoms with Gasteiger partial charge in [-0.2, -0.15) is 0 Å². The van der Waals surface area contributed by atoms with Crippen LogP contribution < -0.4 is 5.32 Å². The first-order valence-electron chi connectivity index (χ1n) is 7.78. The average Bonchev–Trinajstić information content (AvgIpc) is 3.20. The molecular weight excluding hydrogens is 298 g/mol. The molecule has 0 bridgehead atoms. The van der Waals surface area contributed by atoms with Crippen molar-refractivity contribution < 1.29 is 14.1 Å². The van der Waals surface area contributed by atoms with Crippen molar-refractivity contribution in [1.29, 1.82) is 0 Å². The van der Waals surface area contributed by atoms with E-state index in [1.54, 1.807) is 26.7 Å². The number of nitrogens with zero attached hydrogens (tertiary/aromatic N) is 4. The molecule has 0 aliphatic heterocycles. The van der Waals surface area contributed by atoms with E-state index in [1.807, 2.05) is 4.57 Å². The number of hydrogen-bond donors (Lipinski definition) is 1. The van der Waals surface area contributed by atoms with Gasteiger partial charge in [0.2, 0.25) is 0 Å². The number of carbonyl (C=O) groups is 1. The molecule has 2 aromatic rings. The lowest BCUT2D eigenvalue weighted by Crippen LogP contribution is -2.38. The molecule has 8 heteroatoms. The second kappa shape index (κ2) is 6.91. The number of nitrogens with one attached hydrogen (secondary N) is 1. The van der Waals surface area contributed by atoms with Crippen molar-refractivity contribution in [1.82, 2.24) is 25.2 Å². The molecule has 1 N–H and O–H groups in total. The van der Waals surface area contributed by atoms with Crippen LogP contribution in [0.5, 0.6) is 0 Å². The van der Waals surface area contributed by atoms with Gasteiger partial charge in [0.25, 0.3) is 5.91 Å². The molecule has 0 unspecified atom stereocenters. The van der Waals surface area contributed by atoms with Gasteiger partial charge >= 0.3 is 0 Å². The van der Waals surface area contributed by atoms with E-state index in [1.165, 1.54) is 0 Å². The van der Waals surface area contributed by atoms with E-state index in [4.69, 9.17) is 9.26 Å². The van der Waals surface area contributed by atoms with Crippen LogP contribution in [0.3, 0.4) is 0 Å². The van der Waals surface area contributed by atoms with Crippen molar-refractivity contribution in [3.8, 4) is 0 Å². The number of aryl methyl sites for hydroxylation is 1. The van der Waals surface area contributed by atoms with Crippen molar-refractivity contribution in [2.45, 2.75) is 51.3 Å². The van der Waals surface area contributed by atoms with E-state index >= 15 is 0 Å². The van der Waals surface area contributed by atoms with Crippen LogP contribution in [0, 0.1) is 6.92 Å². The normalized spacial score (nSPS) is 21.3. The first kappa shape index (κ1) is 15.7. The zero-order valence-electron chi connectivity index (χ0n) is 13.4. The smallest absolute Gasteiger partial charge is 0.274 e. The van der Waals surface area contributed by atoms with Gasteiger partial charge in [-0.1, -0.05) is 5.16 Å². The fourth-order valence-corrected chi connectivity index (χ4v) is 3.05. The van der Waals surface area contributed by atoms with Gasteiger partial charge in [-0.25, -0.2) is 0 Å². The number of methoxy groups -OCH3 is 1. The highest BCUT2D eigenvalue weighted by Crippen LogP contribution is 2.28. The van der Waals surface area contributed by atoms with Crippen molar-refractivity contribution in [3.63, 3.8) is 0 Å². The summed E-state index contributed by atoms with van der Waals surface area (Å²) in [6, 6.07) is 0.569. The SMILES string of the molecule is COCc1c(C(=O)NC2CCC(n3cnnc3)CC2)noc1C. The predicted molar refractivity (Wildman–Crippen MR) is 80.7 cm³/mol. The summed E-state index contributed by atoms with van der Waals surface area (Å²) in [4.78, 5) is 12.4. The summed E-state index contributed by atoms with van der Waals surface area (Å²) in [5.74, 6) is 0.426. The van der Waals surface area contributed by atoms with Crippen LogP contribution in [0.4, 0.5) is 0 Å². The summed E-state index contributed by atoms with van der Waals surface area (Å²) in [5.41, 5.74) is 1.04. The molecule has 3 rings (SSSR count). The fraction of sp³-hybridized carbons (Fsp3) is 0.600. The highest BCUT2D eigenvalue weighted by atomic mass is 16.5. The molecule has 8 nitrogen and oxygen atoms in total. The first-order valence-corrected chi connectivity index (χ1v) is 7.78. The van der Waals surface area contributed by atoms with Gasteiger partial charge < -0.3 is 19.1 Å². The van der Waals surface area contributed by atoms with Crippen molar-refractivity contribution in [2.75, 3.05) is 7.11 Å². The van der Waals surface area contributed by atoms with Crippen LogP contribution in [0.25, 0.3) is 0 Å². The Morgan fingerprint density at radius 1 is 1.35 bits per heavy atom. The Hall–Kier alpha value is -2.22. The molecule has 1 amide bonds. The Labute approximate surface area is 134 Å². The molecule has 1 aliphatic carbocycles. The lowest BCUT2D eigenvalue weighted by atomic mass is 9.91. The minimum Gasteiger partial charge on any atom is -0.380 e. The number of rotatable bonds is 5. The largest absolute Gasteiger partial charge is 0.380 e. The minimum absolute atomic E-state index is 0.155. The van der Waals surface area contributed by atoms with Crippen LogP contribution in [0.2, 0.25) is 0 Å². The van der Waals surface area contributed by atoms with Crippen LogP contribution in [-0.2, 0) is 11.3 Å². The quantitative estimate of drug-likeness (QED) is 0.900. The third-order valence-corrected chi connectivity index (χ3v) is 4.38. The van der Waals surface area contributed by atoms with Gasteiger partial charge in [-0.05, 0) is 32.6 Å². The Kier molecular flexibility index (Phi) is 4.71. The third kappa shape index (κ3) is 3.42. The summed E-state index contributed by atoms with van der Waals surface area (Å²) in [6.07, 6.45) is 7.32. The molecule has 2 heterocycles. The molecule has 0 radical (unpaired) electrons. The topological polar surface area (TPSA) is 95.1 Å². The van der Waals surface area contributed by atoms with Crippen LogP contribution in [-0.4, -0.2) is 39.0 Å². The van der Waals surface area contributed by atoms with Crippen molar-refractivity contribution in [2.24, 2.45) is 0 Å².